The highest BCUT2D eigenvalue weighted by molar-refractivity contribution is 6.32. The van der Waals surface area contributed by atoms with Gasteiger partial charge in [-0.3, -0.25) is 0 Å². The Morgan fingerprint density at radius 1 is 1.21 bits per heavy atom. The van der Waals surface area contributed by atoms with Crippen LogP contribution in [0.3, 0.4) is 0 Å². The number of aryl methyl sites for hydroxylation is 1. The van der Waals surface area contributed by atoms with E-state index in [1.165, 1.54) is 5.56 Å². The van der Waals surface area contributed by atoms with Gasteiger partial charge in [0.15, 0.2) is 11.5 Å². The Hall–Kier alpha value is -1.75. The summed E-state index contributed by atoms with van der Waals surface area (Å²) in [5, 5.41) is 14.8. The first-order valence-electron chi connectivity index (χ1n) is 7.99. The molecule has 0 fully saturated rings. The Balaban J connectivity index is 1.68. The van der Waals surface area contributed by atoms with Crippen molar-refractivity contribution in [2.24, 2.45) is 0 Å². The smallest absolute Gasteiger partial charge is 0.179 e. The number of methoxy groups -OCH3 is 2. The van der Waals surface area contributed by atoms with Gasteiger partial charge in [0, 0.05) is 13.1 Å². The molecule has 0 spiro atoms. The molecule has 5 heteroatoms. The first kappa shape index (κ1) is 17.1. The third kappa shape index (κ3) is 3.22. The molecular weight excluding hydrogens is 326 g/mol. The Bertz CT molecular complexity index is 735. The fourth-order valence-electron chi connectivity index (χ4n) is 3.34. The van der Waals surface area contributed by atoms with Gasteiger partial charge in [-0.25, -0.2) is 0 Å². The summed E-state index contributed by atoms with van der Waals surface area (Å²) in [6.07, 6.45) is 1.66. The molecule has 1 aliphatic rings. The van der Waals surface area contributed by atoms with Crippen LogP contribution in [-0.4, -0.2) is 25.9 Å². The van der Waals surface area contributed by atoms with Crippen LogP contribution in [0.15, 0.2) is 36.4 Å². The van der Waals surface area contributed by atoms with Gasteiger partial charge >= 0.3 is 0 Å². The summed E-state index contributed by atoms with van der Waals surface area (Å²) in [5.41, 5.74) is 2.43. The van der Waals surface area contributed by atoms with E-state index in [1.807, 2.05) is 30.3 Å². The summed E-state index contributed by atoms with van der Waals surface area (Å²) in [6.45, 7) is 1.08. The van der Waals surface area contributed by atoms with Crippen molar-refractivity contribution >= 4 is 11.6 Å². The number of ether oxygens (including phenoxy) is 2. The summed E-state index contributed by atoms with van der Waals surface area (Å²) >= 11 is 6.23. The molecule has 24 heavy (non-hydrogen) atoms. The summed E-state index contributed by atoms with van der Waals surface area (Å²) < 4.78 is 10.6. The van der Waals surface area contributed by atoms with Gasteiger partial charge in [-0.1, -0.05) is 35.9 Å². The van der Waals surface area contributed by atoms with Gasteiger partial charge < -0.3 is 19.9 Å². The van der Waals surface area contributed by atoms with Crippen molar-refractivity contribution in [3.63, 3.8) is 0 Å². The molecule has 4 nitrogen and oxygen atoms in total. The van der Waals surface area contributed by atoms with Gasteiger partial charge in [-0.15, -0.1) is 0 Å². The SMILES string of the molecule is COc1cc(CNCC2(O)CCc3ccccc32)cc(Cl)c1OC. The minimum absolute atomic E-state index is 0.496. The van der Waals surface area contributed by atoms with Crippen LogP contribution in [0, 0.1) is 0 Å². The van der Waals surface area contributed by atoms with Gasteiger partial charge in [0.05, 0.1) is 19.2 Å². The molecular formula is C19H22ClNO3. The van der Waals surface area contributed by atoms with Gasteiger partial charge in [0.2, 0.25) is 0 Å². The Labute approximate surface area is 147 Å². The van der Waals surface area contributed by atoms with Crippen molar-refractivity contribution in [1.29, 1.82) is 0 Å². The van der Waals surface area contributed by atoms with E-state index in [2.05, 4.69) is 11.4 Å². The second kappa shape index (κ2) is 7.01. The van der Waals surface area contributed by atoms with E-state index in [-0.39, 0.29) is 0 Å². The molecule has 0 heterocycles. The van der Waals surface area contributed by atoms with Crippen LogP contribution >= 0.6 is 11.6 Å². The average molecular weight is 348 g/mol. The lowest BCUT2D eigenvalue weighted by Crippen LogP contribution is -2.36. The van der Waals surface area contributed by atoms with Gasteiger partial charge in [0.25, 0.3) is 0 Å². The minimum Gasteiger partial charge on any atom is -0.493 e. The molecule has 1 aliphatic carbocycles. The molecule has 0 saturated carbocycles. The second-order valence-corrected chi connectivity index (χ2v) is 6.51. The van der Waals surface area contributed by atoms with Gasteiger partial charge in [0.1, 0.15) is 5.60 Å². The highest BCUT2D eigenvalue weighted by Gasteiger charge is 2.35. The third-order valence-corrected chi connectivity index (χ3v) is 4.85. The van der Waals surface area contributed by atoms with Gasteiger partial charge in [-0.2, -0.15) is 0 Å². The predicted molar refractivity (Wildman–Crippen MR) is 94.9 cm³/mol. The summed E-state index contributed by atoms with van der Waals surface area (Å²) in [4.78, 5) is 0. The third-order valence-electron chi connectivity index (χ3n) is 4.57. The lowest BCUT2D eigenvalue weighted by atomic mass is 9.96. The molecule has 2 aromatic carbocycles. The average Bonchev–Trinajstić information content (AvgIpc) is 2.92. The highest BCUT2D eigenvalue weighted by atomic mass is 35.5. The Morgan fingerprint density at radius 3 is 2.75 bits per heavy atom. The molecule has 128 valence electrons. The van der Waals surface area contributed by atoms with Crippen molar-refractivity contribution in [1.82, 2.24) is 5.32 Å². The number of rotatable bonds is 6. The molecule has 2 N–H and O–H groups in total. The molecule has 0 saturated heterocycles. The molecule has 0 aliphatic heterocycles. The maximum Gasteiger partial charge on any atom is 0.179 e. The zero-order valence-corrected chi connectivity index (χ0v) is 14.7. The van der Waals surface area contributed by atoms with Crippen LogP contribution in [0.4, 0.5) is 0 Å². The highest BCUT2D eigenvalue weighted by Crippen LogP contribution is 2.37. The van der Waals surface area contributed by atoms with Crippen molar-refractivity contribution in [3.05, 3.63) is 58.1 Å². The fourth-order valence-corrected chi connectivity index (χ4v) is 3.65. The lowest BCUT2D eigenvalue weighted by Gasteiger charge is -2.24. The summed E-state index contributed by atoms with van der Waals surface area (Å²) in [6, 6.07) is 11.8. The maximum absolute atomic E-state index is 10.9. The van der Waals surface area contributed by atoms with E-state index >= 15 is 0 Å². The van der Waals surface area contributed by atoms with E-state index in [4.69, 9.17) is 21.1 Å². The first-order valence-corrected chi connectivity index (χ1v) is 8.37. The Kier molecular flexibility index (Phi) is 4.99. The van der Waals surface area contributed by atoms with E-state index in [0.717, 1.165) is 24.0 Å². The van der Waals surface area contributed by atoms with E-state index in [1.54, 1.807) is 14.2 Å². The van der Waals surface area contributed by atoms with Crippen LogP contribution in [-0.2, 0) is 18.6 Å². The number of nitrogens with one attached hydrogen (secondary N) is 1. The molecule has 3 rings (SSSR count). The number of benzene rings is 2. The van der Waals surface area contributed by atoms with Crippen molar-refractivity contribution < 1.29 is 14.6 Å². The van der Waals surface area contributed by atoms with Crippen LogP contribution in [0.5, 0.6) is 11.5 Å². The standard InChI is InChI=1S/C19H22ClNO3/c1-23-17-10-13(9-16(20)18(17)24-2)11-21-12-19(22)8-7-14-5-3-4-6-15(14)19/h3-6,9-10,21-22H,7-8,11-12H2,1-2H3. The fraction of sp³-hybridized carbons (Fsp3) is 0.368. The summed E-state index contributed by atoms with van der Waals surface area (Å²) in [5.74, 6) is 1.14. The number of hydrogen-bond donors (Lipinski definition) is 2. The zero-order chi connectivity index (χ0) is 17.2. The summed E-state index contributed by atoms with van der Waals surface area (Å²) in [7, 11) is 3.15. The topological polar surface area (TPSA) is 50.7 Å². The van der Waals surface area contributed by atoms with Crippen LogP contribution in [0.2, 0.25) is 5.02 Å². The van der Waals surface area contributed by atoms with Crippen LogP contribution in [0.25, 0.3) is 0 Å². The molecule has 2 aromatic rings. The molecule has 0 amide bonds. The van der Waals surface area contributed by atoms with E-state index < -0.39 is 5.60 Å². The predicted octanol–water partition coefficient (Wildman–Crippen LogP) is 3.28. The second-order valence-electron chi connectivity index (χ2n) is 6.11. The van der Waals surface area contributed by atoms with E-state index in [9.17, 15) is 5.11 Å². The molecule has 1 atom stereocenters. The van der Waals surface area contributed by atoms with Crippen molar-refractivity contribution in [2.75, 3.05) is 20.8 Å². The normalized spacial score (nSPS) is 19.2. The van der Waals surface area contributed by atoms with Crippen molar-refractivity contribution in [3.8, 4) is 11.5 Å². The molecule has 0 aromatic heterocycles. The van der Waals surface area contributed by atoms with Gasteiger partial charge in [-0.05, 0) is 41.7 Å². The number of aliphatic hydroxyl groups is 1. The lowest BCUT2D eigenvalue weighted by molar-refractivity contribution is 0.0384. The molecule has 0 bridgehead atoms. The number of hydrogen-bond acceptors (Lipinski definition) is 4. The Morgan fingerprint density at radius 2 is 2.00 bits per heavy atom. The monoisotopic (exact) mass is 347 g/mol. The maximum atomic E-state index is 10.9. The van der Waals surface area contributed by atoms with E-state index in [0.29, 0.717) is 29.6 Å². The number of fused-ring (bicyclic) bond motifs is 1. The quantitative estimate of drug-likeness (QED) is 0.842. The van der Waals surface area contributed by atoms with Crippen LogP contribution in [0.1, 0.15) is 23.1 Å². The zero-order valence-electron chi connectivity index (χ0n) is 13.9. The van der Waals surface area contributed by atoms with Crippen molar-refractivity contribution in [2.45, 2.75) is 25.0 Å². The van der Waals surface area contributed by atoms with Crippen LogP contribution < -0.4 is 14.8 Å². The first-order chi connectivity index (χ1) is 11.6. The minimum atomic E-state index is -0.809. The molecule has 1 unspecified atom stereocenters. The number of halogens is 1. The molecule has 0 radical (unpaired) electrons. The largest absolute Gasteiger partial charge is 0.493 e.